The molecule has 0 aliphatic heterocycles. The van der Waals surface area contributed by atoms with Crippen LogP contribution in [0.25, 0.3) is 0 Å². The van der Waals surface area contributed by atoms with Crippen LogP contribution in [0.3, 0.4) is 0 Å². The number of carbonyl (C=O) groups excluding carboxylic acids is 1. The fourth-order valence-electron chi connectivity index (χ4n) is 1.96. The van der Waals surface area contributed by atoms with Gasteiger partial charge in [-0.15, -0.1) is 0 Å². The average molecular weight is 361 g/mol. The van der Waals surface area contributed by atoms with E-state index in [2.05, 4.69) is 10.5 Å². The highest BCUT2D eigenvalue weighted by atomic mass is 35.5. The molecule has 1 N–H and O–H groups in total. The van der Waals surface area contributed by atoms with Crippen LogP contribution in [-0.2, 0) is 4.79 Å². The molecule has 0 aliphatic rings. The molecule has 0 fully saturated rings. The minimum Gasteiger partial charge on any atom is -0.493 e. The zero-order valence-corrected chi connectivity index (χ0v) is 15.0. The molecule has 1 amide bonds. The van der Waals surface area contributed by atoms with Gasteiger partial charge in [-0.1, -0.05) is 30.7 Å². The molecule has 2 aromatic rings. The molecule has 6 heteroatoms. The second-order valence-electron chi connectivity index (χ2n) is 5.33. The van der Waals surface area contributed by atoms with Crippen LogP contribution < -0.4 is 14.9 Å². The number of benzene rings is 2. The van der Waals surface area contributed by atoms with Gasteiger partial charge in [0, 0.05) is 10.6 Å². The number of nitrogens with one attached hydrogen (secondary N) is 1. The maximum absolute atomic E-state index is 12.1. The molecule has 1 unspecified atom stereocenters. The Morgan fingerprint density at radius 2 is 1.96 bits per heavy atom. The third-order valence-electron chi connectivity index (χ3n) is 3.25. The lowest BCUT2D eigenvalue weighted by atomic mass is 10.2. The van der Waals surface area contributed by atoms with Gasteiger partial charge >= 0.3 is 0 Å². The van der Waals surface area contributed by atoms with Gasteiger partial charge in [0.2, 0.25) is 0 Å². The highest BCUT2D eigenvalue weighted by Crippen LogP contribution is 2.17. The van der Waals surface area contributed by atoms with Crippen LogP contribution in [0, 0.1) is 0 Å². The number of halogens is 1. The Labute approximate surface area is 152 Å². The second-order valence-corrected chi connectivity index (χ2v) is 5.77. The highest BCUT2D eigenvalue weighted by molar-refractivity contribution is 6.30. The molecule has 0 saturated carbocycles. The van der Waals surface area contributed by atoms with E-state index < -0.39 is 6.10 Å². The minimum atomic E-state index is -0.690. The molecule has 0 heterocycles. The summed E-state index contributed by atoms with van der Waals surface area (Å²) in [6, 6.07) is 14.3. The van der Waals surface area contributed by atoms with Crippen LogP contribution in [0.2, 0.25) is 5.02 Å². The average Bonchev–Trinajstić information content (AvgIpc) is 2.62. The molecule has 0 saturated heterocycles. The molecule has 5 nitrogen and oxygen atoms in total. The first-order chi connectivity index (χ1) is 12.1. The zero-order chi connectivity index (χ0) is 18.1. The quantitative estimate of drug-likeness (QED) is 0.570. The van der Waals surface area contributed by atoms with Crippen LogP contribution in [0.1, 0.15) is 25.8 Å². The lowest BCUT2D eigenvalue weighted by Gasteiger charge is -2.13. The summed E-state index contributed by atoms with van der Waals surface area (Å²) in [5.41, 5.74) is 3.26. The van der Waals surface area contributed by atoms with Crippen LogP contribution in [-0.4, -0.2) is 24.8 Å². The van der Waals surface area contributed by atoms with Crippen LogP contribution in [0.15, 0.2) is 53.6 Å². The maximum Gasteiger partial charge on any atom is 0.280 e. The van der Waals surface area contributed by atoms with Crippen molar-refractivity contribution in [1.82, 2.24) is 5.43 Å². The number of ether oxygens (including phenoxy) is 2. The number of nitrogens with zero attached hydrogens (tertiary/aromatic N) is 1. The predicted molar refractivity (Wildman–Crippen MR) is 99.5 cm³/mol. The van der Waals surface area contributed by atoms with Crippen molar-refractivity contribution in [2.24, 2.45) is 5.10 Å². The van der Waals surface area contributed by atoms with Gasteiger partial charge < -0.3 is 9.47 Å². The van der Waals surface area contributed by atoms with E-state index in [1.807, 2.05) is 31.2 Å². The van der Waals surface area contributed by atoms with Gasteiger partial charge in [0.1, 0.15) is 11.5 Å². The summed E-state index contributed by atoms with van der Waals surface area (Å²) >= 11 is 5.82. The fraction of sp³-hybridized carbons (Fsp3) is 0.263. The summed E-state index contributed by atoms with van der Waals surface area (Å²) in [7, 11) is 0. The Balaban J connectivity index is 1.90. The SMILES string of the molecule is CCCOc1ccccc1/C=N/NC(=O)C(C)Oc1ccc(Cl)cc1. The predicted octanol–water partition coefficient (Wildman–Crippen LogP) is 4.05. The van der Waals surface area contributed by atoms with E-state index in [1.165, 1.54) is 0 Å². The molecule has 2 rings (SSSR count). The monoisotopic (exact) mass is 360 g/mol. The van der Waals surface area contributed by atoms with Gasteiger partial charge in [-0.2, -0.15) is 5.10 Å². The van der Waals surface area contributed by atoms with E-state index in [4.69, 9.17) is 21.1 Å². The van der Waals surface area contributed by atoms with E-state index >= 15 is 0 Å². The molecule has 0 aliphatic carbocycles. The number of hydrogen-bond donors (Lipinski definition) is 1. The molecule has 0 bridgehead atoms. The van der Waals surface area contributed by atoms with E-state index in [9.17, 15) is 4.79 Å². The Morgan fingerprint density at radius 1 is 1.24 bits per heavy atom. The van der Waals surface area contributed by atoms with Gasteiger partial charge in [0.15, 0.2) is 6.10 Å². The highest BCUT2D eigenvalue weighted by Gasteiger charge is 2.13. The topological polar surface area (TPSA) is 59.9 Å². The summed E-state index contributed by atoms with van der Waals surface area (Å²) in [5, 5.41) is 4.59. The number of carbonyl (C=O) groups is 1. The normalized spacial score (nSPS) is 12.0. The Bertz CT molecular complexity index is 717. The third-order valence-corrected chi connectivity index (χ3v) is 3.51. The molecular weight excluding hydrogens is 340 g/mol. The molecule has 0 radical (unpaired) electrons. The van der Waals surface area contributed by atoms with Crippen molar-refractivity contribution in [2.45, 2.75) is 26.4 Å². The molecule has 132 valence electrons. The molecule has 0 spiro atoms. The van der Waals surface area contributed by atoms with Crippen molar-refractivity contribution in [1.29, 1.82) is 0 Å². The van der Waals surface area contributed by atoms with Gasteiger partial charge in [0.25, 0.3) is 5.91 Å². The smallest absolute Gasteiger partial charge is 0.280 e. The standard InChI is InChI=1S/C19H21ClN2O3/c1-3-12-24-18-7-5-4-6-15(18)13-21-22-19(23)14(2)25-17-10-8-16(20)9-11-17/h4-11,13-14H,3,12H2,1-2H3,(H,22,23)/b21-13+. The first-order valence-corrected chi connectivity index (χ1v) is 8.45. The van der Waals surface area contributed by atoms with E-state index in [0.717, 1.165) is 17.7 Å². The number of hydrogen-bond acceptors (Lipinski definition) is 4. The zero-order valence-electron chi connectivity index (χ0n) is 14.2. The Hall–Kier alpha value is -2.53. The molecule has 1 atom stereocenters. The second kappa shape index (κ2) is 9.69. The van der Waals surface area contributed by atoms with Crippen LogP contribution in [0.5, 0.6) is 11.5 Å². The molecule has 2 aromatic carbocycles. The van der Waals surface area contributed by atoms with Gasteiger partial charge in [-0.3, -0.25) is 4.79 Å². The van der Waals surface area contributed by atoms with E-state index in [-0.39, 0.29) is 5.91 Å². The van der Waals surface area contributed by atoms with Gasteiger partial charge in [0.05, 0.1) is 12.8 Å². The van der Waals surface area contributed by atoms with Gasteiger partial charge in [-0.25, -0.2) is 5.43 Å². The minimum absolute atomic E-state index is 0.349. The van der Waals surface area contributed by atoms with Crippen molar-refractivity contribution in [3.63, 3.8) is 0 Å². The van der Waals surface area contributed by atoms with Gasteiger partial charge in [-0.05, 0) is 49.7 Å². The fourth-order valence-corrected chi connectivity index (χ4v) is 2.08. The first-order valence-electron chi connectivity index (χ1n) is 8.07. The van der Waals surface area contributed by atoms with Crippen LogP contribution in [0.4, 0.5) is 0 Å². The summed E-state index contributed by atoms with van der Waals surface area (Å²) in [6.45, 7) is 4.32. The molecular formula is C19H21ClN2O3. The largest absolute Gasteiger partial charge is 0.493 e. The number of rotatable bonds is 8. The number of para-hydroxylation sites is 1. The van der Waals surface area contributed by atoms with E-state index in [0.29, 0.717) is 17.4 Å². The summed E-state index contributed by atoms with van der Waals surface area (Å²) in [5.74, 6) is 0.945. The van der Waals surface area contributed by atoms with E-state index in [1.54, 1.807) is 37.4 Å². The number of hydrazone groups is 1. The lowest BCUT2D eigenvalue weighted by Crippen LogP contribution is -2.33. The maximum atomic E-state index is 12.1. The first kappa shape index (κ1) is 18.8. The molecule has 25 heavy (non-hydrogen) atoms. The summed E-state index contributed by atoms with van der Waals surface area (Å²) in [4.78, 5) is 12.1. The van der Waals surface area contributed by atoms with Crippen molar-refractivity contribution in [3.05, 3.63) is 59.1 Å². The summed E-state index contributed by atoms with van der Waals surface area (Å²) in [6.07, 6.45) is 1.78. The molecule has 0 aromatic heterocycles. The van der Waals surface area contributed by atoms with Crippen molar-refractivity contribution < 1.29 is 14.3 Å². The summed E-state index contributed by atoms with van der Waals surface area (Å²) < 4.78 is 11.2. The van der Waals surface area contributed by atoms with Crippen molar-refractivity contribution in [3.8, 4) is 11.5 Å². The number of amides is 1. The van der Waals surface area contributed by atoms with Crippen molar-refractivity contribution >= 4 is 23.7 Å². The third kappa shape index (κ3) is 6.12. The Kier molecular flexibility index (Phi) is 7.29. The Morgan fingerprint density at radius 3 is 2.68 bits per heavy atom. The van der Waals surface area contributed by atoms with Crippen molar-refractivity contribution in [2.75, 3.05) is 6.61 Å². The van der Waals surface area contributed by atoms with Crippen LogP contribution >= 0.6 is 11.6 Å². The lowest BCUT2D eigenvalue weighted by molar-refractivity contribution is -0.127.